The molecule has 0 aromatic heterocycles. The zero-order valence-electron chi connectivity index (χ0n) is 9.24. The molecule has 1 unspecified atom stereocenters. The molecule has 0 aliphatic rings. The number of benzene rings is 1. The van der Waals surface area contributed by atoms with Crippen molar-refractivity contribution in [2.45, 2.75) is 13.5 Å². The average Bonchev–Trinajstić information content (AvgIpc) is 2.27. The third kappa shape index (κ3) is 6.19. The number of hydrogen-bond acceptors (Lipinski definition) is 5. The van der Waals surface area contributed by atoms with E-state index in [1.165, 1.54) is 0 Å². The van der Waals surface area contributed by atoms with Gasteiger partial charge in [-0.25, -0.2) is 9.09 Å². The summed E-state index contributed by atoms with van der Waals surface area (Å²) in [5, 5.41) is 0. The van der Waals surface area contributed by atoms with Gasteiger partial charge in [0.15, 0.2) is 0 Å². The van der Waals surface area contributed by atoms with E-state index in [1.807, 2.05) is 6.07 Å². The normalized spacial score (nSPS) is 14.0. The topological polar surface area (TPSA) is 82.1 Å². The Morgan fingerprint density at radius 1 is 1.29 bits per heavy atom. The minimum absolute atomic E-state index is 0.0608. The van der Waals surface area contributed by atoms with Crippen molar-refractivity contribution in [3.8, 4) is 0 Å². The highest BCUT2D eigenvalue weighted by molar-refractivity contribution is 7.47. The van der Waals surface area contributed by atoms with Crippen molar-refractivity contribution < 1.29 is 28.0 Å². The SMILES string of the molecule is CC(=O)OCOP(=O)(O)OCc1ccccc1. The molecule has 0 saturated carbocycles. The Balaban J connectivity index is 2.34. The van der Waals surface area contributed by atoms with Crippen LogP contribution in [-0.4, -0.2) is 17.7 Å². The van der Waals surface area contributed by atoms with Gasteiger partial charge in [-0.05, 0) is 5.56 Å². The maximum absolute atomic E-state index is 11.3. The first-order valence-electron chi connectivity index (χ1n) is 4.79. The molecule has 7 heteroatoms. The Morgan fingerprint density at radius 3 is 2.53 bits per heavy atom. The molecule has 0 heterocycles. The summed E-state index contributed by atoms with van der Waals surface area (Å²) in [4.78, 5) is 19.6. The summed E-state index contributed by atoms with van der Waals surface area (Å²) in [6.07, 6.45) is 0. The molecule has 1 aromatic rings. The first-order chi connectivity index (χ1) is 7.99. The van der Waals surface area contributed by atoms with Gasteiger partial charge in [0.2, 0.25) is 6.79 Å². The Hall–Kier alpha value is -1.20. The number of rotatable bonds is 6. The molecule has 1 rings (SSSR count). The smallest absolute Gasteiger partial charge is 0.438 e. The average molecular weight is 260 g/mol. The van der Waals surface area contributed by atoms with Crippen LogP contribution in [0.2, 0.25) is 0 Å². The predicted octanol–water partition coefficient (Wildman–Crippen LogP) is 1.84. The van der Waals surface area contributed by atoms with E-state index in [0.717, 1.165) is 12.5 Å². The lowest BCUT2D eigenvalue weighted by Gasteiger charge is -2.11. The van der Waals surface area contributed by atoms with Crippen LogP contribution < -0.4 is 0 Å². The van der Waals surface area contributed by atoms with Crippen molar-refractivity contribution in [3.63, 3.8) is 0 Å². The zero-order chi connectivity index (χ0) is 12.7. The summed E-state index contributed by atoms with van der Waals surface area (Å²) < 4.78 is 24.7. The maximum atomic E-state index is 11.3. The summed E-state index contributed by atoms with van der Waals surface area (Å²) in [7, 11) is -4.19. The van der Waals surface area contributed by atoms with Crippen LogP contribution in [0.1, 0.15) is 12.5 Å². The largest absolute Gasteiger partial charge is 0.475 e. The maximum Gasteiger partial charge on any atom is 0.475 e. The van der Waals surface area contributed by atoms with Crippen molar-refractivity contribution >= 4 is 13.8 Å². The number of ether oxygens (including phenoxy) is 1. The van der Waals surface area contributed by atoms with Crippen molar-refractivity contribution in [3.05, 3.63) is 35.9 Å². The van der Waals surface area contributed by atoms with E-state index < -0.39 is 20.6 Å². The molecule has 0 spiro atoms. The number of phosphoric ester groups is 1. The van der Waals surface area contributed by atoms with Crippen molar-refractivity contribution in [1.29, 1.82) is 0 Å². The molecule has 0 saturated heterocycles. The van der Waals surface area contributed by atoms with Gasteiger partial charge in [-0.2, -0.15) is 0 Å². The van der Waals surface area contributed by atoms with Gasteiger partial charge in [-0.1, -0.05) is 30.3 Å². The summed E-state index contributed by atoms with van der Waals surface area (Å²) in [6.45, 7) is 0.489. The number of esters is 1. The third-order valence-electron chi connectivity index (χ3n) is 1.72. The molecule has 0 radical (unpaired) electrons. The Kier molecular flexibility index (Phi) is 5.31. The van der Waals surface area contributed by atoms with Gasteiger partial charge in [0.25, 0.3) is 0 Å². The second kappa shape index (κ2) is 6.51. The van der Waals surface area contributed by atoms with Crippen LogP contribution in [0.3, 0.4) is 0 Å². The standard InChI is InChI=1S/C10H13O6P/c1-9(11)14-8-16-17(12,13)15-7-10-5-3-2-4-6-10/h2-6H,7-8H2,1H3,(H,12,13). The molecule has 1 N–H and O–H groups in total. The first-order valence-corrected chi connectivity index (χ1v) is 6.28. The minimum atomic E-state index is -4.19. The molecule has 17 heavy (non-hydrogen) atoms. The van der Waals surface area contributed by atoms with Gasteiger partial charge >= 0.3 is 13.8 Å². The Morgan fingerprint density at radius 2 is 1.94 bits per heavy atom. The van der Waals surface area contributed by atoms with E-state index in [4.69, 9.17) is 4.52 Å². The quantitative estimate of drug-likeness (QED) is 0.477. The van der Waals surface area contributed by atoms with Gasteiger partial charge in [0, 0.05) is 6.92 Å². The van der Waals surface area contributed by atoms with Gasteiger partial charge in [0.05, 0.1) is 6.61 Å². The van der Waals surface area contributed by atoms with Crippen LogP contribution in [0.25, 0.3) is 0 Å². The fourth-order valence-corrected chi connectivity index (χ4v) is 1.52. The van der Waals surface area contributed by atoms with E-state index in [2.05, 4.69) is 9.26 Å². The molecule has 0 bridgehead atoms. The summed E-state index contributed by atoms with van der Waals surface area (Å²) >= 11 is 0. The van der Waals surface area contributed by atoms with Crippen LogP contribution in [-0.2, 0) is 29.8 Å². The van der Waals surface area contributed by atoms with Gasteiger partial charge in [-0.15, -0.1) is 0 Å². The highest BCUT2D eigenvalue weighted by Gasteiger charge is 2.21. The molecule has 1 atom stereocenters. The van der Waals surface area contributed by atoms with Crippen LogP contribution in [0.4, 0.5) is 0 Å². The van der Waals surface area contributed by atoms with Gasteiger partial charge in [-0.3, -0.25) is 9.32 Å². The second-order valence-electron chi connectivity index (χ2n) is 3.11. The minimum Gasteiger partial charge on any atom is -0.438 e. The molecule has 0 fully saturated rings. The van der Waals surface area contributed by atoms with E-state index in [0.29, 0.717) is 0 Å². The van der Waals surface area contributed by atoms with Crippen molar-refractivity contribution in [2.75, 3.05) is 6.79 Å². The van der Waals surface area contributed by atoms with Gasteiger partial charge < -0.3 is 9.63 Å². The number of carbonyl (C=O) groups excluding carboxylic acids is 1. The zero-order valence-corrected chi connectivity index (χ0v) is 10.1. The molecule has 6 nitrogen and oxygen atoms in total. The van der Waals surface area contributed by atoms with E-state index in [-0.39, 0.29) is 6.61 Å². The molecule has 94 valence electrons. The Labute approximate surface area is 98.7 Å². The van der Waals surface area contributed by atoms with Gasteiger partial charge in [0.1, 0.15) is 0 Å². The number of carbonyl (C=O) groups is 1. The Bertz CT molecular complexity index is 405. The number of hydrogen-bond donors (Lipinski definition) is 1. The molecular formula is C10H13O6P. The van der Waals surface area contributed by atoms with E-state index in [1.54, 1.807) is 24.3 Å². The predicted molar refractivity (Wildman–Crippen MR) is 58.8 cm³/mol. The van der Waals surface area contributed by atoms with Crippen LogP contribution in [0.15, 0.2) is 30.3 Å². The first kappa shape index (κ1) is 13.9. The van der Waals surface area contributed by atoms with Crippen molar-refractivity contribution in [2.24, 2.45) is 0 Å². The summed E-state index contributed by atoms with van der Waals surface area (Å²) in [5.41, 5.74) is 0.734. The summed E-state index contributed by atoms with van der Waals surface area (Å²) in [5.74, 6) is -0.604. The lowest BCUT2D eigenvalue weighted by atomic mass is 10.2. The number of phosphoric acid groups is 1. The lowest BCUT2D eigenvalue weighted by Crippen LogP contribution is -2.04. The third-order valence-corrected chi connectivity index (χ3v) is 2.60. The van der Waals surface area contributed by atoms with E-state index >= 15 is 0 Å². The molecular weight excluding hydrogens is 247 g/mol. The fraction of sp³-hybridized carbons (Fsp3) is 0.300. The van der Waals surface area contributed by atoms with E-state index in [9.17, 15) is 14.3 Å². The highest BCUT2D eigenvalue weighted by Crippen LogP contribution is 2.43. The molecule has 0 aliphatic heterocycles. The van der Waals surface area contributed by atoms with Crippen LogP contribution in [0, 0.1) is 0 Å². The fourth-order valence-electron chi connectivity index (χ4n) is 0.944. The van der Waals surface area contributed by atoms with Crippen LogP contribution in [0.5, 0.6) is 0 Å². The summed E-state index contributed by atoms with van der Waals surface area (Å²) in [6, 6.07) is 8.86. The molecule has 0 aliphatic carbocycles. The second-order valence-corrected chi connectivity index (χ2v) is 4.56. The lowest BCUT2D eigenvalue weighted by molar-refractivity contribution is -0.148. The highest BCUT2D eigenvalue weighted by atomic mass is 31.2. The van der Waals surface area contributed by atoms with Crippen molar-refractivity contribution in [1.82, 2.24) is 0 Å². The monoisotopic (exact) mass is 260 g/mol. The molecule has 1 aromatic carbocycles. The van der Waals surface area contributed by atoms with Crippen LogP contribution >= 0.6 is 7.82 Å². The molecule has 0 amide bonds.